The molecule has 2 aliphatic heterocycles. The van der Waals surface area contributed by atoms with E-state index in [2.05, 4.69) is 24.2 Å². The molecule has 1 aromatic rings. The Kier molecular flexibility index (Phi) is 7.81. The molecule has 2 aliphatic rings. The molecule has 1 aromatic heterocycles. The minimum atomic E-state index is -1.18. The molecule has 0 bridgehead atoms. The number of β-lactam (4-membered cyclic amide) rings is 1. The van der Waals surface area contributed by atoms with Gasteiger partial charge in [0.1, 0.15) is 0 Å². The Morgan fingerprint density at radius 3 is 2.56 bits per heavy atom. The van der Waals surface area contributed by atoms with Crippen LogP contribution in [0.3, 0.4) is 0 Å². The summed E-state index contributed by atoms with van der Waals surface area (Å²) in [5, 5.41) is 20.5. The predicted octanol–water partition coefficient (Wildman–Crippen LogP) is -1.85. The van der Waals surface area contributed by atoms with Crippen molar-refractivity contribution in [2.24, 2.45) is 0 Å². The number of nitrogens with zero attached hydrogens (tertiary/aromatic N) is 4. The average molecular weight is 402 g/mol. The van der Waals surface area contributed by atoms with Crippen molar-refractivity contribution in [3.63, 3.8) is 0 Å². The number of amides is 1. The summed E-state index contributed by atoms with van der Waals surface area (Å²) < 4.78 is 1.21. The van der Waals surface area contributed by atoms with E-state index in [4.69, 9.17) is 0 Å². The topological polar surface area (TPSA) is 91.2 Å². The minimum Gasteiger partial charge on any atom is -0.548 e. The molecule has 1 amide bonds. The molecule has 0 N–H and O–H groups in total. The van der Waals surface area contributed by atoms with Gasteiger partial charge in [-0.1, -0.05) is 31.9 Å². The number of rotatable bonds is 9. The molecule has 27 heavy (non-hydrogen) atoms. The molecule has 0 radical (unpaired) electrons. The second-order valence-corrected chi connectivity index (χ2v) is 9.17. The number of hydrogen-bond acceptors (Lipinski definition) is 6. The molecule has 3 atom stereocenters. The van der Waals surface area contributed by atoms with Crippen LogP contribution < -0.4 is 34.7 Å². The minimum absolute atomic E-state index is 0. The van der Waals surface area contributed by atoms with Gasteiger partial charge in [-0.25, -0.2) is 4.68 Å². The van der Waals surface area contributed by atoms with Gasteiger partial charge in [0.25, 0.3) is 0 Å². The van der Waals surface area contributed by atoms with Gasteiger partial charge in [-0.2, -0.15) is 0 Å². The summed E-state index contributed by atoms with van der Waals surface area (Å²) in [5.41, 5.74) is 2.14. The molecule has 3 rings (SSSR count). The maximum absolute atomic E-state index is 11.9. The fraction of sp³-hybridized carbons (Fsp3) is 0.778. The molecule has 2 fully saturated rings. The number of aromatic nitrogens is 3. The summed E-state index contributed by atoms with van der Waals surface area (Å²) in [5.74, 6) is -1.29. The van der Waals surface area contributed by atoms with Crippen LogP contribution >= 0.6 is 11.8 Å². The number of thioether (sulfide) groups is 1. The molecule has 9 heteroatoms. The molecule has 0 saturated carbocycles. The fourth-order valence-electron chi connectivity index (χ4n) is 3.92. The second kappa shape index (κ2) is 9.29. The van der Waals surface area contributed by atoms with E-state index in [1.54, 1.807) is 11.8 Å². The third-order valence-electron chi connectivity index (χ3n) is 5.35. The van der Waals surface area contributed by atoms with E-state index in [0.29, 0.717) is 13.0 Å². The monoisotopic (exact) mass is 402 g/mol. The van der Waals surface area contributed by atoms with Gasteiger partial charge in [0, 0.05) is 0 Å². The van der Waals surface area contributed by atoms with Gasteiger partial charge in [-0.05, 0) is 32.6 Å². The second-order valence-electron chi connectivity index (χ2n) is 7.46. The molecule has 3 heterocycles. The summed E-state index contributed by atoms with van der Waals surface area (Å²) in [6, 6.07) is -0.916. The molecule has 0 unspecified atom stereocenters. The van der Waals surface area contributed by atoms with E-state index in [1.165, 1.54) is 4.90 Å². The SMILES string of the molecule is CCCCc1nnn(C[C@]2(C)S[C@H]3CC(=O)N3[C@H]2C(=O)[O-])c1CCCC.[Na+]. The molecule has 2 saturated heterocycles. The first-order chi connectivity index (χ1) is 12.4. The number of aliphatic carboxylic acids is 1. The number of carboxylic acid groups (broad SMARTS) is 1. The zero-order valence-electron chi connectivity index (χ0n) is 16.7. The van der Waals surface area contributed by atoms with Gasteiger partial charge in [-0.3, -0.25) is 4.79 Å². The molecular formula is C18H27N4NaO3S. The zero-order chi connectivity index (χ0) is 18.9. The van der Waals surface area contributed by atoms with Crippen LogP contribution in [-0.4, -0.2) is 47.9 Å². The van der Waals surface area contributed by atoms with Crippen LogP contribution in [-0.2, 0) is 29.0 Å². The van der Waals surface area contributed by atoms with Crippen molar-refractivity contribution in [3.05, 3.63) is 11.4 Å². The van der Waals surface area contributed by atoms with E-state index in [1.807, 2.05) is 11.6 Å². The van der Waals surface area contributed by atoms with Crippen LogP contribution in [0.15, 0.2) is 0 Å². The first-order valence-electron chi connectivity index (χ1n) is 9.52. The Labute approximate surface area is 186 Å². The Balaban J connectivity index is 0.00000261. The van der Waals surface area contributed by atoms with Crippen LogP contribution in [0.25, 0.3) is 0 Å². The van der Waals surface area contributed by atoms with Crippen LogP contribution in [0.2, 0.25) is 0 Å². The quantitative estimate of drug-likeness (QED) is 0.356. The summed E-state index contributed by atoms with van der Waals surface area (Å²) in [6.45, 7) is 6.63. The number of aryl methyl sites for hydroxylation is 1. The number of carbonyl (C=O) groups is 2. The largest absolute Gasteiger partial charge is 1.00 e. The van der Waals surface area contributed by atoms with E-state index in [-0.39, 0.29) is 40.8 Å². The van der Waals surface area contributed by atoms with Gasteiger partial charge in [0.15, 0.2) is 0 Å². The van der Waals surface area contributed by atoms with Crippen LogP contribution in [0.5, 0.6) is 0 Å². The molecule has 144 valence electrons. The predicted molar refractivity (Wildman–Crippen MR) is 97.3 cm³/mol. The Morgan fingerprint density at radius 1 is 1.30 bits per heavy atom. The normalized spacial score (nSPS) is 26.5. The Hall–Kier alpha value is -0.570. The third kappa shape index (κ3) is 4.38. The molecule has 7 nitrogen and oxygen atoms in total. The van der Waals surface area contributed by atoms with E-state index >= 15 is 0 Å². The summed E-state index contributed by atoms with van der Waals surface area (Å²) in [4.78, 5) is 25.1. The van der Waals surface area contributed by atoms with E-state index in [0.717, 1.165) is 49.9 Å². The maximum Gasteiger partial charge on any atom is 1.00 e. The molecular weight excluding hydrogens is 375 g/mol. The van der Waals surface area contributed by atoms with Crippen molar-refractivity contribution in [1.82, 2.24) is 19.9 Å². The number of unbranched alkanes of at least 4 members (excludes halogenated alkanes) is 2. The van der Waals surface area contributed by atoms with Gasteiger partial charge in [0.05, 0.1) is 46.5 Å². The first-order valence-corrected chi connectivity index (χ1v) is 10.4. The van der Waals surface area contributed by atoms with Gasteiger partial charge < -0.3 is 14.8 Å². The Morgan fingerprint density at radius 2 is 1.96 bits per heavy atom. The third-order valence-corrected chi connectivity index (χ3v) is 6.91. The standard InChI is InChI=1S/C18H28N4O3S.Na/c1-4-6-8-12-13(9-7-5-2)21(20-19-12)11-18(3)16(17(24)25)22-14(23)10-15(22)26-18;/h15-16H,4-11H2,1-3H3,(H,24,25);/q;+1/p-1/t15-,16-,18-;/m0./s1. The van der Waals surface area contributed by atoms with Gasteiger partial charge >= 0.3 is 29.6 Å². The van der Waals surface area contributed by atoms with E-state index < -0.39 is 16.8 Å². The molecule has 0 spiro atoms. The molecule has 0 aromatic carbocycles. The van der Waals surface area contributed by atoms with Crippen molar-refractivity contribution in [1.29, 1.82) is 0 Å². The van der Waals surface area contributed by atoms with Crippen LogP contribution in [0.1, 0.15) is 64.3 Å². The van der Waals surface area contributed by atoms with Crippen molar-refractivity contribution in [2.45, 2.75) is 88.4 Å². The average Bonchev–Trinajstić information content (AvgIpc) is 3.06. The fourth-order valence-corrected chi connectivity index (χ4v) is 5.65. The molecule has 0 aliphatic carbocycles. The van der Waals surface area contributed by atoms with Gasteiger partial charge in [0.2, 0.25) is 5.91 Å². The number of fused-ring (bicyclic) bond motifs is 1. The zero-order valence-corrected chi connectivity index (χ0v) is 19.5. The smallest absolute Gasteiger partial charge is 0.548 e. The number of hydrogen-bond donors (Lipinski definition) is 0. The van der Waals surface area contributed by atoms with Crippen molar-refractivity contribution >= 4 is 23.6 Å². The number of carboxylic acids is 1. The van der Waals surface area contributed by atoms with Crippen molar-refractivity contribution in [2.75, 3.05) is 0 Å². The van der Waals surface area contributed by atoms with Crippen molar-refractivity contribution < 1.29 is 44.3 Å². The van der Waals surface area contributed by atoms with Crippen LogP contribution in [0, 0.1) is 0 Å². The first kappa shape index (κ1) is 22.7. The summed E-state index contributed by atoms with van der Waals surface area (Å²) in [7, 11) is 0. The van der Waals surface area contributed by atoms with Crippen molar-refractivity contribution in [3.8, 4) is 0 Å². The Bertz CT molecular complexity index is 698. The number of carbonyl (C=O) groups excluding carboxylic acids is 2. The summed E-state index contributed by atoms with van der Waals surface area (Å²) in [6.07, 6.45) is 6.49. The van der Waals surface area contributed by atoms with Gasteiger partial charge in [-0.15, -0.1) is 16.9 Å². The summed E-state index contributed by atoms with van der Waals surface area (Å²) >= 11 is 1.55. The van der Waals surface area contributed by atoms with Crippen LogP contribution in [0.4, 0.5) is 0 Å². The maximum atomic E-state index is 11.9. The van der Waals surface area contributed by atoms with E-state index in [9.17, 15) is 14.7 Å².